The zero-order chi connectivity index (χ0) is 13.3. The van der Waals surface area contributed by atoms with Gasteiger partial charge in [0.25, 0.3) is 0 Å². The predicted octanol–water partition coefficient (Wildman–Crippen LogP) is -2.69. The number of rotatable bonds is 5. The predicted molar refractivity (Wildman–Crippen MR) is 55.2 cm³/mol. The summed E-state index contributed by atoms with van der Waals surface area (Å²) < 4.78 is 0. The van der Waals surface area contributed by atoms with E-state index in [2.05, 4.69) is 12.3 Å². The van der Waals surface area contributed by atoms with Gasteiger partial charge >= 0.3 is 0 Å². The number of hydrogen-bond acceptors (Lipinski definition) is 6. The number of carbonyl (C=O) groups excluding carboxylic acids is 2. The van der Waals surface area contributed by atoms with E-state index in [1.54, 1.807) is 0 Å². The van der Waals surface area contributed by atoms with E-state index in [4.69, 9.17) is 20.4 Å². The maximum absolute atomic E-state index is 9.87. The molecule has 0 radical (unpaired) electrons. The molecular formula is C9H17NO6. The van der Waals surface area contributed by atoms with E-state index in [0.29, 0.717) is 0 Å². The number of nitrogens with two attached hydrogens (primary N) is 1. The highest BCUT2D eigenvalue weighted by Gasteiger charge is 2.27. The molecule has 0 saturated carbocycles. The molecule has 0 aliphatic carbocycles. The molecule has 6 N–H and O–H groups in total. The van der Waals surface area contributed by atoms with E-state index in [1.165, 1.54) is 6.92 Å². The molecule has 1 amide bonds. The summed E-state index contributed by atoms with van der Waals surface area (Å²) in [4.78, 5) is 19.3. The first-order valence-electron chi connectivity index (χ1n) is 4.37. The molecule has 0 aliphatic rings. The van der Waals surface area contributed by atoms with Crippen LogP contribution in [0.25, 0.3) is 0 Å². The van der Waals surface area contributed by atoms with Gasteiger partial charge in [0.2, 0.25) is 5.91 Å². The minimum atomic E-state index is -1.65. The molecule has 0 fully saturated rings. The molecule has 0 heterocycles. The topological polar surface area (TPSA) is 141 Å². The molecule has 0 unspecified atom stereocenters. The molecule has 16 heavy (non-hydrogen) atoms. The second-order valence-electron chi connectivity index (χ2n) is 2.95. The van der Waals surface area contributed by atoms with Crippen LogP contribution in [0.1, 0.15) is 6.92 Å². The van der Waals surface area contributed by atoms with Crippen LogP contribution in [0.2, 0.25) is 0 Å². The summed E-state index contributed by atoms with van der Waals surface area (Å²) in [5.41, 5.74) is 4.53. The Morgan fingerprint density at radius 3 is 1.81 bits per heavy atom. The van der Waals surface area contributed by atoms with Crippen LogP contribution in [0.15, 0.2) is 12.7 Å². The van der Waals surface area contributed by atoms with Crippen molar-refractivity contribution in [3.8, 4) is 0 Å². The van der Waals surface area contributed by atoms with E-state index in [0.717, 1.165) is 6.08 Å². The summed E-state index contributed by atoms with van der Waals surface area (Å²) in [5.74, 6) is -0.481. The van der Waals surface area contributed by atoms with Crippen LogP contribution in [-0.4, -0.2) is 57.0 Å². The SMILES string of the molecule is C=CC(N)=O.C[C@@H](O)[C@H](O)[C@H](O)[C@@H](O)C=O. The van der Waals surface area contributed by atoms with Gasteiger partial charge in [-0.3, -0.25) is 4.79 Å². The van der Waals surface area contributed by atoms with Crippen LogP contribution >= 0.6 is 0 Å². The Hall–Kier alpha value is -1.28. The number of aldehydes is 1. The van der Waals surface area contributed by atoms with Crippen molar-refractivity contribution >= 4 is 12.2 Å². The minimum Gasteiger partial charge on any atom is -0.391 e. The smallest absolute Gasteiger partial charge is 0.240 e. The monoisotopic (exact) mass is 235 g/mol. The Labute approximate surface area is 92.8 Å². The van der Waals surface area contributed by atoms with Gasteiger partial charge < -0.3 is 31.0 Å². The molecule has 4 atom stereocenters. The van der Waals surface area contributed by atoms with Gasteiger partial charge in [0, 0.05) is 0 Å². The summed E-state index contributed by atoms with van der Waals surface area (Å²) >= 11 is 0. The molecule has 0 saturated heterocycles. The van der Waals surface area contributed by atoms with Crippen LogP contribution in [0.4, 0.5) is 0 Å². The van der Waals surface area contributed by atoms with Gasteiger partial charge in [-0.1, -0.05) is 6.58 Å². The quantitative estimate of drug-likeness (QED) is 0.259. The second-order valence-corrected chi connectivity index (χ2v) is 2.95. The number of hydrogen-bond donors (Lipinski definition) is 5. The van der Waals surface area contributed by atoms with Crippen molar-refractivity contribution < 1.29 is 30.0 Å². The Morgan fingerprint density at radius 1 is 1.25 bits per heavy atom. The van der Waals surface area contributed by atoms with Crippen molar-refractivity contribution in [3.63, 3.8) is 0 Å². The summed E-state index contributed by atoms with van der Waals surface area (Å²) in [5, 5.41) is 35.1. The molecule has 0 rings (SSSR count). The molecule has 7 heteroatoms. The van der Waals surface area contributed by atoms with Crippen LogP contribution in [-0.2, 0) is 9.59 Å². The number of primary amides is 1. The van der Waals surface area contributed by atoms with E-state index >= 15 is 0 Å². The van der Waals surface area contributed by atoms with Gasteiger partial charge in [-0.05, 0) is 13.0 Å². The maximum Gasteiger partial charge on any atom is 0.240 e. The van der Waals surface area contributed by atoms with Crippen molar-refractivity contribution in [2.75, 3.05) is 0 Å². The molecule has 0 aliphatic heterocycles. The standard InChI is InChI=1S/C6H12O5.C3H5NO/c1-3(8)5(10)6(11)4(9)2-7;1-2-3(4)5/h2-6,8-11H,1H3;2H,1H2,(H2,4,5)/t3-,4+,5+,6-;/m1./s1. The van der Waals surface area contributed by atoms with Crippen molar-refractivity contribution in [2.24, 2.45) is 5.73 Å². The van der Waals surface area contributed by atoms with E-state index < -0.39 is 30.3 Å². The summed E-state index contributed by atoms with van der Waals surface area (Å²) in [6, 6.07) is 0. The number of aliphatic hydroxyl groups excluding tert-OH is 4. The van der Waals surface area contributed by atoms with Gasteiger partial charge in [-0.25, -0.2) is 0 Å². The average molecular weight is 235 g/mol. The van der Waals surface area contributed by atoms with Gasteiger partial charge in [0.1, 0.15) is 18.3 Å². The normalized spacial score (nSPS) is 17.1. The Morgan fingerprint density at radius 2 is 1.62 bits per heavy atom. The first-order valence-corrected chi connectivity index (χ1v) is 4.37. The van der Waals surface area contributed by atoms with Crippen molar-refractivity contribution in [2.45, 2.75) is 31.3 Å². The number of aliphatic hydroxyl groups is 4. The zero-order valence-corrected chi connectivity index (χ0v) is 8.85. The minimum absolute atomic E-state index is 0.0935. The number of carbonyl (C=O) groups is 2. The Bertz CT molecular complexity index is 230. The van der Waals surface area contributed by atoms with Crippen molar-refractivity contribution in [3.05, 3.63) is 12.7 Å². The summed E-state index contributed by atoms with van der Waals surface area (Å²) in [6.07, 6.45) is -4.82. The Kier molecular flexibility index (Phi) is 9.61. The molecule has 0 spiro atoms. The highest BCUT2D eigenvalue weighted by molar-refractivity contribution is 5.84. The fourth-order valence-corrected chi connectivity index (χ4v) is 0.568. The Balaban J connectivity index is 0. The molecule has 0 bridgehead atoms. The van der Waals surface area contributed by atoms with Crippen LogP contribution < -0.4 is 5.73 Å². The van der Waals surface area contributed by atoms with Gasteiger partial charge in [-0.2, -0.15) is 0 Å². The highest BCUT2D eigenvalue weighted by atomic mass is 16.4. The second kappa shape index (κ2) is 8.98. The van der Waals surface area contributed by atoms with Crippen molar-refractivity contribution in [1.82, 2.24) is 0 Å². The zero-order valence-electron chi connectivity index (χ0n) is 8.85. The molecule has 0 aromatic rings. The highest BCUT2D eigenvalue weighted by Crippen LogP contribution is 2.02. The third-order valence-electron chi connectivity index (χ3n) is 1.53. The first kappa shape index (κ1) is 17.1. The first-order chi connectivity index (χ1) is 7.27. The molecule has 7 nitrogen and oxygen atoms in total. The van der Waals surface area contributed by atoms with E-state index in [-0.39, 0.29) is 6.29 Å². The van der Waals surface area contributed by atoms with E-state index in [9.17, 15) is 9.59 Å². The summed E-state index contributed by atoms with van der Waals surface area (Å²) in [7, 11) is 0. The fourth-order valence-electron chi connectivity index (χ4n) is 0.568. The molecule has 94 valence electrons. The maximum atomic E-state index is 9.87. The van der Waals surface area contributed by atoms with Crippen LogP contribution in [0.3, 0.4) is 0 Å². The lowest BCUT2D eigenvalue weighted by atomic mass is 10.1. The van der Waals surface area contributed by atoms with E-state index in [1.807, 2.05) is 0 Å². The molecule has 0 aromatic heterocycles. The lowest BCUT2D eigenvalue weighted by Gasteiger charge is -2.21. The third kappa shape index (κ3) is 8.06. The molecule has 0 aromatic carbocycles. The van der Waals surface area contributed by atoms with Gasteiger partial charge in [0.05, 0.1) is 6.10 Å². The lowest BCUT2D eigenvalue weighted by molar-refractivity contribution is -0.132. The molecular weight excluding hydrogens is 218 g/mol. The number of amides is 1. The summed E-state index contributed by atoms with van der Waals surface area (Å²) in [6.45, 7) is 4.33. The fraction of sp³-hybridized carbons (Fsp3) is 0.556. The average Bonchev–Trinajstić information content (AvgIpc) is 2.26. The largest absolute Gasteiger partial charge is 0.391 e. The third-order valence-corrected chi connectivity index (χ3v) is 1.53. The van der Waals surface area contributed by atoms with Crippen molar-refractivity contribution in [1.29, 1.82) is 0 Å². The van der Waals surface area contributed by atoms with Gasteiger partial charge in [0.15, 0.2) is 6.29 Å². The van der Waals surface area contributed by atoms with Crippen LogP contribution in [0, 0.1) is 0 Å². The van der Waals surface area contributed by atoms with Crippen LogP contribution in [0.5, 0.6) is 0 Å². The van der Waals surface area contributed by atoms with Gasteiger partial charge in [-0.15, -0.1) is 0 Å². The lowest BCUT2D eigenvalue weighted by Crippen LogP contribution is -2.43.